The van der Waals surface area contributed by atoms with E-state index in [4.69, 9.17) is 9.47 Å². The van der Waals surface area contributed by atoms with Gasteiger partial charge in [-0.2, -0.15) is 0 Å². The molecule has 0 fully saturated rings. The lowest BCUT2D eigenvalue weighted by molar-refractivity contribution is -0.104. The highest BCUT2D eigenvalue weighted by Crippen LogP contribution is 2.27. The van der Waals surface area contributed by atoms with Gasteiger partial charge in [0.2, 0.25) is 0 Å². The van der Waals surface area contributed by atoms with Gasteiger partial charge in [-0.05, 0) is 36.7 Å². The smallest absolute Gasteiger partial charge is 0.160 e. The molecule has 0 unspecified atom stereocenters. The lowest BCUT2D eigenvalue weighted by Crippen LogP contribution is -2.31. The van der Waals surface area contributed by atoms with Gasteiger partial charge < -0.3 is 19.9 Å². The number of likely N-dealkylation sites (N-methyl/N-ethyl adjacent to an activating group) is 1. The van der Waals surface area contributed by atoms with Gasteiger partial charge >= 0.3 is 0 Å². The molecule has 0 heterocycles. The summed E-state index contributed by atoms with van der Waals surface area (Å²) >= 11 is 0. The molecule has 0 aromatic heterocycles. The van der Waals surface area contributed by atoms with Gasteiger partial charge in [0.15, 0.2) is 11.5 Å². The van der Waals surface area contributed by atoms with Gasteiger partial charge in [0.1, 0.15) is 18.7 Å². The molecule has 0 saturated carbocycles. The van der Waals surface area contributed by atoms with Crippen LogP contribution in [0.5, 0.6) is 11.5 Å². The molecule has 2 rings (SSSR count). The number of phenolic OH excluding ortho intramolecular Hbond substituents is 1. The second-order valence-corrected chi connectivity index (χ2v) is 5.53. The van der Waals surface area contributed by atoms with Crippen molar-refractivity contribution in [2.24, 2.45) is 0 Å². The molecule has 2 N–H and O–H groups in total. The molecule has 1 atom stereocenters. The maximum Gasteiger partial charge on any atom is 0.160 e. The Hall–Kier alpha value is -2.79. The number of hydrogen-bond donors (Lipinski definition) is 2. The van der Waals surface area contributed by atoms with E-state index in [-0.39, 0.29) is 18.4 Å². The number of rotatable bonds is 9. The first kappa shape index (κ1) is 18.5. The Kier molecular flexibility index (Phi) is 7.04. The van der Waals surface area contributed by atoms with E-state index >= 15 is 0 Å². The molecule has 0 aliphatic carbocycles. The lowest BCUT2D eigenvalue weighted by atomic mass is 10.0. The molecule has 0 spiro atoms. The Morgan fingerprint density at radius 3 is 2.56 bits per heavy atom. The Labute approximate surface area is 147 Å². The average Bonchev–Trinajstić information content (AvgIpc) is 2.64. The van der Waals surface area contributed by atoms with Crippen LogP contribution in [0.25, 0.3) is 0 Å². The fourth-order valence-electron chi connectivity index (χ4n) is 2.52. The quantitative estimate of drug-likeness (QED) is 0.417. The van der Waals surface area contributed by atoms with Crippen LogP contribution >= 0.6 is 0 Å². The number of methoxy groups -OCH3 is 1. The van der Waals surface area contributed by atoms with E-state index in [1.807, 2.05) is 43.4 Å². The third-order valence-corrected chi connectivity index (χ3v) is 3.86. The largest absolute Gasteiger partial charge is 0.504 e. The zero-order valence-corrected chi connectivity index (χ0v) is 14.4. The standard InChI is InChI=1S/C20H23NO4/c1-21-17(12-15-6-4-3-5-7-15)19(10-11-22)25-14-16-8-9-20(24-2)18(23)13-16/h3-11,13,17,21,23H,12,14H2,1-2H3/b19-10+/t17-/m0/s1. The number of phenols is 1. The molecule has 0 aliphatic rings. The van der Waals surface area contributed by atoms with Gasteiger partial charge in [0.05, 0.1) is 13.2 Å². The molecular weight excluding hydrogens is 318 g/mol. The van der Waals surface area contributed by atoms with Crippen molar-refractivity contribution < 1.29 is 19.4 Å². The Bertz CT molecular complexity index is 713. The van der Waals surface area contributed by atoms with Gasteiger partial charge in [-0.15, -0.1) is 0 Å². The summed E-state index contributed by atoms with van der Waals surface area (Å²) in [4.78, 5) is 11.0. The number of carbonyl (C=O) groups is 1. The second-order valence-electron chi connectivity index (χ2n) is 5.53. The Morgan fingerprint density at radius 1 is 1.20 bits per heavy atom. The van der Waals surface area contributed by atoms with Crippen LogP contribution in [0.4, 0.5) is 0 Å². The highest BCUT2D eigenvalue weighted by atomic mass is 16.5. The molecule has 132 valence electrons. The predicted octanol–water partition coefficient (Wildman–Crippen LogP) is 2.83. The number of aromatic hydroxyl groups is 1. The third-order valence-electron chi connectivity index (χ3n) is 3.86. The van der Waals surface area contributed by atoms with Crippen LogP contribution in [0.3, 0.4) is 0 Å². The number of aldehydes is 1. The van der Waals surface area contributed by atoms with Gasteiger partial charge in [0, 0.05) is 6.08 Å². The molecule has 0 saturated heterocycles. The van der Waals surface area contributed by atoms with Crippen LogP contribution in [0.2, 0.25) is 0 Å². The molecule has 0 amide bonds. The van der Waals surface area contributed by atoms with E-state index < -0.39 is 0 Å². The number of ether oxygens (including phenoxy) is 2. The summed E-state index contributed by atoms with van der Waals surface area (Å²) in [5.74, 6) is 1.01. The molecule has 2 aromatic carbocycles. The van der Waals surface area contributed by atoms with Gasteiger partial charge in [-0.3, -0.25) is 4.79 Å². The fourth-order valence-corrected chi connectivity index (χ4v) is 2.52. The number of hydrogen-bond acceptors (Lipinski definition) is 5. The normalized spacial score (nSPS) is 12.5. The Balaban J connectivity index is 2.07. The van der Waals surface area contributed by atoms with E-state index in [1.165, 1.54) is 13.2 Å². The Morgan fingerprint density at radius 2 is 1.96 bits per heavy atom. The molecular formula is C20H23NO4. The number of nitrogens with one attached hydrogen (secondary N) is 1. The zero-order chi connectivity index (χ0) is 18.1. The van der Waals surface area contributed by atoms with Crippen LogP contribution in [-0.4, -0.2) is 31.6 Å². The van der Waals surface area contributed by atoms with Crippen LogP contribution in [0, 0.1) is 0 Å². The molecule has 0 bridgehead atoms. The predicted molar refractivity (Wildman–Crippen MR) is 96.6 cm³/mol. The summed E-state index contributed by atoms with van der Waals surface area (Å²) in [6.45, 7) is 0.240. The lowest BCUT2D eigenvalue weighted by Gasteiger charge is -2.20. The summed E-state index contributed by atoms with van der Waals surface area (Å²) in [5.41, 5.74) is 1.93. The average molecular weight is 341 g/mol. The van der Waals surface area contributed by atoms with Gasteiger partial charge in [0.25, 0.3) is 0 Å². The number of benzene rings is 2. The van der Waals surface area contributed by atoms with Crippen LogP contribution in [0.1, 0.15) is 11.1 Å². The summed E-state index contributed by atoms with van der Waals surface area (Å²) in [6.07, 6.45) is 2.84. The summed E-state index contributed by atoms with van der Waals surface area (Å²) < 4.78 is 10.9. The van der Waals surface area contributed by atoms with Gasteiger partial charge in [-0.25, -0.2) is 0 Å². The highest BCUT2D eigenvalue weighted by Gasteiger charge is 2.15. The van der Waals surface area contributed by atoms with E-state index in [9.17, 15) is 9.90 Å². The van der Waals surface area contributed by atoms with Crippen molar-refractivity contribution in [3.05, 3.63) is 71.5 Å². The first-order valence-corrected chi connectivity index (χ1v) is 8.03. The van der Waals surface area contributed by atoms with Crippen molar-refractivity contribution >= 4 is 6.29 Å². The maximum absolute atomic E-state index is 11.0. The van der Waals surface area contributed by atoms with Crippen LogP contribution < -0.4 is 10.1 Å². The molecule has 5 heteroatoms. The van der Waals surface area contributed by atoms with Crippen molar-refractivity contribution in [1.82, 2.24) is 5.32 Å². The molecule has 25 heavy (non-hydrogen) atoms. The monoisotopic (exact) mass is 341 g/mol. The first-order chi connectivity index (χ1) is 12.2. The minimum atomic E-state index is -0.126. The van der Waals surface area contributed by atoms with E-state index in [2.05, 4.69) is 5.32 Å². The molecule has 5 nitrogen and oxygen atoms in total. The van der Waals surface area contributed by atoms with Crippen LogP contribution in [0.15, 0.2) is 60.4 Å². The third kappa shape index (κ3) is 5.36. The summed E-state index contributed by atoms with van der Waals surface area (Å²) in [7, 11) is 3.33. The molecule has 2 aromatic rings. The van der Waals surface area contributed by atoms with Crippen molar-refractivity contribution in [3.63, 3.8) is 0 Å². The second kappa shape index (κ2) is 9.49. The van der Waals surface area contributed by atoms with E-state index in [0.717, 1.165) is 17.4 Å². The molecule has 0 radical (unpaired) electrons. The molecule has 0 aliphatic heterocycles. The zero-order valence-electron chi connectivity index (χ0n) is 14.4. The van der Waals surface area contributed by atoms with Crippen LogP contribution in [-0.2, 0) is 22.6 Å². The van der Waals surface area contributed by atoms with Crippen molar-refractivity contribution in [1.29, 1.82) is 0 Å². The van der Waals surface area contributed by atoms with Gasteiger partial charge in [-0.1, -0.05) is 36.4 Å². The maximum atomic E-state index is 11.0. The van der Waals surface area contributed by atoms with Crippen molar-refractivity contribution in [2.45, 2.75) is 19.1 Å². The fraction of sp³-hybridized carbons (Fsp3) is 0.250. The number of allylic oxidation sites excluding steroid dienone is 1. The van der Waals surface area contributed by atoms with Crippen molar-refractivity contribution in [2.75, 3.05) is 14.2 Å². The first-order valence-electron chi connectivity index (χ1n) is 8.03. The van der Waals surface area contributed by atoms with E-state index in [0.29, 0.717) is 17.9 Å². The topological polar surface area (TPSA) is 67.8 Å². The minimum absolute atomic E-state index is 0.0546. The highest BCUT2D eigenvalue weighted by molar-refractivity contribution is 5.65. The van der Waals surface area contributed by atoms with Crippen molar-refractivity contribution in [3.8, 4) is 11.5 Å². The van der Waals surface area contributed by atoms with E-state index in [1.54, 1.807) is 12.1 Å². The summed E-state index contributed by atoms with van der Waals surface area (Å²) in [6, 6.07) is 14.9. The minimum Gasteiger partial charge on any atom is -0.504 e. The number of carbonyl (C=O) groups excluding carboxylic acids is 1. The SMILES string of the molecule is CN[C@@H](Cc1ccccc1)/C(=C\C=O)OCc1ccc(OC)c(O)c1. The summed E-state index contributed by atoms with van der Waals surface area (Å²) in [5, 5.41) is 13.0.